The third-order valence-electron chi connectivity index (χ3n) is 2.70. The van der Waals surface area contributed by atoms with Crippen LogP contribution in [-0.2, 0) is 6.54 Å². The van der Waals surface area contributed by atoms with Crippen molar-refractivity contribution in [3.8, 4) is 6.07 Å². The number of nitrogens with one attached hydrogen (secondary N) is 1. The van der Waals surface area contributed by atoms with Gasteiger partial charge in [-0.15, -0.1) is 0 Å². The van der Waals surface area contributed by atoms with Crippen molar-refractivity contribution in [1.82, 2.24) is 9.97 Å². The second-order valence-corrected chi connectivity index (χ2v) is 4.08. The van der Waals surface area contributed by atoms with Crippen LogP contribution in [0.4, 0.5) is 5.82 Å². The van der Waals surface area contributed by atoms with E-state index in [0.29, 0.717) is 17.9 Å². The molecule has 0 aliphatic rings. The third-order valence-corrected chi connectivity index (χ3v) is 2.70. The molecule has 4 nitrogen and oxygen atoms in total. The molecule has 2 heterocycles. The van der Waals surface area contributed by atoms with E-state index < -0.39 is 0 Å². The monoisotopic (exact) mass is 238 g/mol. The highest BCUT2D eigenvalue weighted by molar-refractivity contribution is 5.52. The van der Waals surface area contributed by atoms with Crippen molar-refractivity contribution < 1.29 is 0 Å². The van der Waals surface area contributed by atoms with Crippen molar-refractivity contribution in [2.24, 2.45) is 0 Å². The number of anilines is 1. The van der Waals surface area contributed by atoms with Crippen molar-refractivity contribution in [3.05, 3.63) is 53.0 Å². The van der Waals surface area contributed by atoms with Gasteiger partial charge < -0.3 is 5.32 Å². The first-order valence-corrected chi connectivity index (χ1v) is 5.73. The fraction of sp³-hybridized carbons (Fsp3) is 0.214. The average Bonchev–Trinajstić information content (AvgIpc) is 2.38. The number of aromatic nitrogens is 2. The molecule has 0 atom stereocenters. The molecule has 0 radical (unpaired) electrons. The standard InChI is InChI=1S/C14H14N4/c1-10-4-3-7-16-13(10)9-17-14-12(8-15)6-5-11(2)18-14/h3-7H,9H2,1-2H3,(H,17,18). The van der Waals surface area contributed by atoms with Crippen LogP contribution in [0.3, 0.4) is 0 Å². The van der Waals surface area contributed by atoms with E-state index in [2.05, 4.69) is 21.4 Å². The van der Waals surface area contributed by atoms with Gasteiger partial charge in [0.25, 0.3) is 0 Å². The molecule has 0 aliphatic heterocycles. The number of rotatable bonds is 3. The molecule has 0 saturated carbocycles. The van der Waals surface area contributed by atoms with Gasteiger partial charge in [0.2, 0.25) is 0 Å². The summed E-state index contributed by atoms with van der Waals surface area (Å²) < 4.78 is 0. The summed E-state index contributed by atoms with van der Waals surface area (Å²) in [4.78, 5) is 8.63. The normalized spacial score (nSPS) is 9.83. The molecule has 0 aliphatic carbocycles. The summed E-state index contributed by atoms with van der Waals surface area (Å²) in [6.07, 6.45) is 1.76. The van der Waals surface area contributed by atoms with E-state index in [1.54, 1.807) is 12.3 Å². The van der Waals surface area contributed by atoms with Crippen molar-refractivity contribution in [2.45, 2.75) is 20.4 Å². The fourth-order valence-corrected chi connectivity index (χ4v) is 1.65. The zero-order chi connectivity index (χ0) is 13.0. The first-order valence-electron chi connectivity index (χ1n) is 5.73. The summed E-state index contributed by atoms with van der Waals surface area (Å²) in [7, 11) is 0. The van der Waals surface area contributed by atoms with Crippen LogP contribution >= 0.6 is 0 Å². The molecule has 0 fully saturated rings. The van der Waals surface area contributed by atoms with Crippen molar-refractivity contribution >= 4 is 5.82 Å². The van der Waals surface area contributed by atoms with Crippen LogP contribution in [0, 0.1) is 25.2 Å². The second kappa shape index (κ2) is 5.28. The number of nitrogens with zero attached hydrogens (tertiary/aromatic N) is 3. The quantitative estimate of drug-likeness (QED) is 0.892. The summed E-state index contributed by atoms with van der Waals surface area (Å²) in [6, 6.07) is 9.65. The summed E-state index contributed by atoms with van der Waals surface area (Å²) in [5.74, 6) is 0.613. The minimum absolute atomic E-state index is 0.550. The Bertz CT molecular complexity index is 599. The average molecular weight is 238 g/mol. The largest absolute Gasteiger partial charge is 0.363 e. The molecular weight excluding hydrogens is 224 g/mol. The van der Waals surface area contributed by atoms with Gasteiger partial charge >= 0.3 is 0 Å². The van der Waals surface area contributed by atoms with E-state index in [0.717, 1.165) is 17.0 Å². The number of pyridine rings is 2. The van der Waals surface area contributed by atoms with Crippen LogP contribution in [-0.4, -0.2) is 9.97 Å². The second-order valence-electron chi connectivity index (χ2n) is 4.08. The van der Waals surface area contributed by atoms with E-state index in [-0.39, 0.29) is 0 Å². The Hall–Kier alpha value is -2.41. The molecule has 4 heteroatoms. The van der Waals surface area contributed by atoms with Crippen LogP contribution in [0.25, 0.3) is 0 Å². The molecule has 2 rings (SSSR count). The molecule has 0 bridgehead atoms. The molecule has 0 unspecified atom stereocenters. The Morgan fingerprint density at radius 3 is 2.83 bits per heavy atom. The SMILES string of the molecule is Cc1ccc(C#N)c(NCc2ncccc2C)n1. The van der Waals surface area contributed by atoms with Gasteiger partial charge in [-0.05, 0) is 37.6 Å². The van der Waals surface area contributed by atoms with Crippen LogP contribution in [0.1, 0.15) is 22.5 Å². The van der Waals surface area contributed by atoms with Crippen molar-refractivity contribution in [3.63, 3.8) is 0 Å². The number of hydrogen-bond acceptors (Lipinski definition) is 4. The highest BCUT2D eigenvalue weighted by Crippen LogP contribution is 2.14. The molecule has 0 spiro atoms. The molecule has 2 aromatic rings. The zero-order valence-electron chi connectivity index (χ0n) is 10.4. The van der Waals surface area contributed by atoms with Crippen LogP contribution in [0.5, 0.6) is 0 Å². The maximum Gasteiger partial charge on any atom is 0.144 e. The molecular formula is C14H14N4. The van der Waals surface area contributed by atoms with Crippen molar-refractivity contribution in [1.29, 1.82) is 5.26 Å². The van der Waals surface area contributed by atoms with Gasteiger partial charge in [0, 0.05) is 11.9 Å². The highest BCUT2D eigenvalue weighted by atomic mass is 15.0. The smallest absolute Gasteiger partial charge is 0.144 e. The fourth-order valence-electron chi connectivity index (χ4n) is 1.65. The molecule has 18 heavy (non-hydrogen) atoms. The maximum absolute atomic E-state index is 9.02. The van der Waals surface area contributed by atoms with Crippen LogP contribution < -0.4 is 5.32 Å². The Balaban J connectivity index is 2.18. The maximum atomic E-state index is 9.02. The Morgan fingerprint density at radius 1 is 1.28 bits per heavy atom. The molecule has 90 valence electrons. The minimum atomic E-state index is 0.550. The third kappa shape index (κ3) is 2.64. The molecule has 0 saturated heterocycles. The van der Waals surface area contributed by atoms with E-state index in [1.807, 2.05) is 32.0 Å². The first kappa shape index (κ1) is 12.1. The van der Waals surface area contributed by atoms with Gasteiger partial charge in [0.1, 0.15) is 11.9 Å². The van der Waals surface area contributed by atoms with Gasteiger partial charge in [0.05, 0.1) is 17.8 Å². The van der Waals surface area contributed by atoms with Gasteiger partial charge in [-0.25, -0.2) is 4.98 Å². The molecule has 0 aromatic carbocycles. The summed E-state index contributed by atoms with van der Waals surface area (Å²) in [5, 5.41) is 12.2. The lowest BCUT2D eigenvalue weighted by molar-refractivity contribution is 0.998. The summed E-state index contributed by atoms with van der Waals surface area (Å²) in [5.41, 5.74) is 3.52. The van der Waals surface area contributed by atoms with Crippen LogP contribution in [0.15, 0.2) is 30.5 Å². The van der Waals surface area contributed by atoms with E-state index >= 15 is 0 Å². The molecule has 0 amide bonds. The zero-order valence-corrected chi connectivity index (χ0v) is 10.4. The van der Waals surface area contributed by atoms with Crippen LogP contribution in [0.2, 0.25) is 0 Å². The predicted molar refractivity (Wildman–Crippen MR) is 70.0 cm³/mol. The lowest BCUT2D eigenvalue weighted by Gasteiger charge is -2.09. The number of aryl methyl sites for hydroxylation is 2. The summed E-state index contributed by atoms with van der Waals surface area (Å²) >= 11 is 0. The van der Waals surface area contributed by atoms with Gasteiger partial charge in [-0.3, -0.25) is 4.98 Å². The molecule has 1 N–H and O–H groups in total. The lowest BCUT2D eigenvalue weighted by atomic mass is 10.2. The minimum Gasteiger partial charge on any atom is -0.363 e. The Kier molecular flexibility index (Phi) is 3.54. The van der Waals surface area contributed by atoms with Gasteiger partial charge in [0.15, 0.2) is 0 Å². The van der Waals surface area contributed by atoms with Gasteiger partial charge in [-0.2, -0.15) is 5.26 Å². The predicted octanol–water partition coefficient (Wildman–Crippen LogP) is 2.58. The van der Waals surface area contributed by atoms with E-state index in [9.17, 15) is 0 Å². The van der Waals surface area contributed by atoms with E-state index in [4.69, 9.17) is 5.26 Å². The topological polar surface area (TPSA) is 61.6 Å². The Labute approximate surface area is 106 Å². The van der Waals surface area contributed by atoms with E-state index in [1.165, 1.54) is 0 Å². The number of nitriles is 1. The van der Waals surface area contributed by atoms with Crippen molar-refractivity contribution in [2.75, 3.05) is 5.32 Å². The Morgan fingerprint density at radius 2 is 2.11 bits per heavy atom. The summed E-state index contributed by atoms with van der Waals surface area (Å²) in [6.45, 7) is 4.48. The number of hydrogen-bond donors (Lipinski definition) is 1. The lowest BCUT2D eigenvalue weighted by Crippen LogP contribution is -2.06. The van der Waals surface area contributed by atoms with Gasteiger partial charge in [-0.1, -0.05) is 6.07 Å². The molecule has 2 aromatic heterocycles. The highest BCUT2D eigenvalue weighted by Gasteiger charge is 2.05. The first-order chi connectivity index (χ1) is 8.70.